The number of hydrogen-bond acceptors (Lipinski definition) is 4. The van der Waals surface area contributed by atoms with Crippen LogP contribution >= 0.6 is 10.7 Å². The first-order valence-corrected chi connectivity index (χ1v) is 8.57. The molecule has 0 aliphatic carbocycles. The van der Waals surface area contributed by atoms with Gasteiger partial charge in [-0.25, -0.2) is 12.8 Å². The quantitative estimate of drug-likeness (QED) is 0.747. The normalized spacial score (nSPS) is 13.0. The van der Waals surface area contributed by atoms with Crippen molar-refractivity contribution in [1.29, 1.82) is 0 Å². The van der Waals surface area contributed by atoms with Crippen molar-refractivity contribution < 1.29 is 22.3 Å². The minimum absolute atomic E-state index is 0.275. The average Bonchev–Trinajstić information content (AvgIpc) is 2.38. The molecule has 0 fully saturated rings. The second-order valence-electron chi connectivity index (χ2n) is 4.48. The third kappa shape index (κ3) is 4.39. The van der Waals surface area contributed by atoms with Crippen LogP contribution in [0.15, 0.2) is 23.1 Å². The van der Waals surface area contributed by atoms with Crippen molar-refractivity contribution in [2.75, 3.05) is 20.3 Å². The Hall–Kier alpha value is -1.18. The van der Waals surface area contributed by atoms with E-state index >= 15 is 0 Å². The van der Waals surface area contributed by atoms with Crippen LogP contribution in [0.4, 0.5) is 4.39 Å². The zero-order valence-electron chi connectivity index (χ0n) is 12.0. The van der Waals surface area contributed by atoms with Gasteiger partial charge in [-0.15, -0.1) is 0 Å². The van der Waals surface area contributed by atoms with Crippen LogP contribution in [0, 0.1) is 5.82 Å². The van der Waals surface area contributed by atoms with Gasteiger partial charge in [-0.05, 0) is 32.0 Å². The molecule has 21 heavy (non-hydrogen) atoms. The molecule has 0 heterocycles. The molecule has 5 nitrogen and oxygen atoms in total. The van der Waals surface area contributed by atoms with Crippen molar-refractivity contribution in [2.24, 2.45) is 0 Å². The lowest BCUT2D eigenvalue weighted by molar-refractivity contribution is 0.0574. The summed E-state index contributed by atoms with van der Waals surface area (Å²) in [5.41, 5.74) is -0.332. The number of methoxy groups -OCH3 is 1. The largest absolute Gasteiger partial charge is 0.383 e. The van der Waals surface area contributed by atoms with E-state index in [4.69, 9.17) is 15.4 Å². The van der Waals surface area contributed by atoms with Gasteiger partial charge in [-0.3, -0.25) is 4.79 Å². The molecule has 1 aromatic rings. The van der Waals surface area contributed by atoms with E-state index in [-0.39, 0.29) is 23.1 Å². The summed E-state index contributed by atoms with van der Waals surface area (Å²) in [7, 11) is 2.69. The molecule has 1 rings (SSSR count). The van der Waals surface area contributed by atoms with Crippen LogP contribution in [0.2, 0.25) is 0 Å². The molecule has 0 aliphatic heterocycles. The van der Waals surface area contributed by atoms with Crippen LogP contribution in [-0.2, 0) is 13.8 Å². The molecule has 0 aromatic heterocycles. The van der Waals surface area contributed by atoms with Crippen LogP contribution in [0.5, 0.6) is 0 Å². The van der Waals surface area contributed by atoms with Gasteiger partial charge in [-0.1, -0.05) is 0 Å². The number of amides is 1. The Kier molecular flexibility index (Phi) is 6.12. The van der Waals surface area contributed by atoms with Gasteiger partial charge in [0.1, 0.15) is 5.82 Å². The minimum Gasteiger partial charge on any atom is -0.383 e. The molecule has 0 radical (unpaired) electrons. The monoisotopic (exact) mass is 337 g/mol. The van der Waals surface area contributed by atoms with E-state index in [1.54, 1.807) is 13.8 Å². The van der Waals surface area contributed by atoms with Crippen molar-refractivity contribution in [3.8, 4) is 0 Å². The second kappa shape index (κ2) is 7.20. The van der Waals surface area contributed by atoms with Crippen LogP contribution < -0.4 is 0 Å². The first-order chi connectivity index (χ1) is 9.72. The van der Waals surface area contributed by atoms with Gasteiger partial charge in [0.2, 0.25) is 0 Å². The molecular weight excluding hydrogens is 321 g/mol. The number of halogens is 2. The van der Waals surface area contributed by atoms with Gasteiger partial charge in [0, 0.05) is 24.3 Å². The predicted molar refractivity (Wildman–Crippen MR) is 77.5 cm³/mol. The second-order valence-corrected chi connectivity index (χ2v) is 7.04. The smallest absolute Gasteiger partial charge is 0.261 e. The molecule has 1 atom stereocenters. The standard InChI is InChI=1S/C13H17ClFNO4S/c1-4-16(9(2)8-20-3)13(17)11-7-10(21(14,18)19)5-6-12(11)15/h5-7,9H,4,8H2,1-3H3. The van der Waals surface area contributed by atoms with Crippen LogP contribution in [-0.4, -0.2) is 45.5 Å². The number of benzene rings is 1. The number of ether oxygens (including phenoxy) is 1. The van der Waals surface area contributed by atoms with Gasteiger partial charge >= 0.3 is 0 Å². The Labute approximate surface area is 128 Å². The third-order valence-corrected chi connectivity index (χ3v) is 4.34. The lowest BCUT2D eigenvalue weighted by atomic mass is 10.1. The number of rotatable bonds is 6. The minimum atomic E-state index is -4.03. The Morgan fingerprint density at radius 2 is 2.10 bits per heavy atom. The molecule has 0 saturated heterocycles. The average molecular weight is 338 g/mol. The highest BCUT2D eigenvalue weighted by molar-refractivity contribution is 8.13. The van der Waals surface area contributed by atoms with E-state index in [0.717, 1.165) is 18.2 Å². The van der Waals surface area contributed by atoms with E-state index in [9.17, 15) is 17.6 Å². The third-order valence-electron chi connectivity index (χ3n) is 2.99. The summed E-state index contributed by atoms with van der Waals surface area (Å²) in [6.07, 6.45) is 0. The maximum absolute atomic E-state index is 13.8. The van der Waals surface area contributed by atoms with Gasteiger partial charge in [0.15, 0.2) is 0 Å². The fourth-order valence-corrected chi connectivity index (χ4v) is 2.74. The molecule has 1 unspecified atom stereocenters. The Morgan fingerprint density at radius 1 is 1.48 bits per heavy atom. The van der Waals surface area contributed by atoms with Crippen molar-refractivity contribution in [3.05, 3.63) is 29.6 Å². The van der Waals surface area contributed by atoms with E-state index in [1.807, 2.05) is 0 Å². The lowest BCUT2D eigenvalue weighted by Crippen LogP contribution is -2.41. The highest BCUT2D eigenvalue weighted by atomic mass is 35.7. The molecule has 1 amide bonds. The summed E-state index contributed by atoms with van der Waals surface area (Å²) in [6, 6.07) is 2.60. The van der Waals surface area contributed by atoms with E-state index in [2.05, 4.69) is 0 Å². The van der Waals surface area contributed by atoms with Gasteiger partial charge in [-0.2, -0.15) is 0 Å². The Bertz CT molecular complexity index is 621. The molecule has 8 heteroatoms. The summed E-state index contributed by atoms with van der Waals surface area (Å²) in [5, 5.41) is 0. The molecule has 0 saturated carbocycles. The summed E-state index contributed by atoms with van der Waals surface area (Å²) >= 11 is 0. The van der Waals surface area contributed by atoms with E-state index in [1.165, 1.54) is 12.0 Å². The first kappa shape index (κ1) is 17.9. The highest BCUT2D eigenvalue weighted by Crippen LogP contribution is 2.20. The van der Waals surface area contributed by atoms with Crippen LogP contribution in [0.1, 0.15) is 24.2 Å². The van der Waals surface area contributed by atoms with Crippen LogP contribution in [0.25, 0.3) is 0 Å². The number of likely N-dealkylation sites (N-methyl/N-ethyl adjacent to an activating group) is 1. The maximum atomic E-state index is 13.8. The fraction of sp³-hybridized carbons (Fsp3) is 0.462. The van der Waals surface area contributed by atoms with E-state index < -0.39 is 20.8 Å². The van der Waals surface area contributed by atoms with Crippen molar-refractivity contribution in [1.82, 2.24) is 4.90 Å². The van der Waals surface area contributed by atoms with Gasteiger partial charge < -0.3 is 9.64 Å². The molecule has 0 N–H and O–H groups in total. The predicted octanol–water partition coefficient (Wildman–Crippen LogP) is 2.25. The zero-order valence-corrected chi connectivity index (χ0v) is 13.5. The van der Waals surface area contributed by atoms with Gasteiger partial charge in [0.25, 0.3) is 15.0 Å². The topological polar surface area (TPSA) is 63.7 Å². The summed E-state index contributed by atoms with van der Waals surface area (Å²) in [5.74, 6) is -1.41. The Morgan fingerprint density at radius 3 is 2.57 bits per heavy atom. The SMILES string of the molecule is CCN(C(=O)c1cc(S(=O)(=O)Cl)ccc1F)C(C)COC. The molecule has 0 spiro atoms. The number of nitrogens with zero attached hydrogens (tertiary/aromatic N) is 1. The number of hydrogen-bond donors (Lipinski definition) is 0. The first-order valence-electron chi connectivity index (χ1n) is 6.26. The number of carbonyl (C=O) groups excluding carboxylic acids is 1. The van der Waals surface area contributed by atoms with Crippen LogP contribution in [0.3, 0.4) is 0 Å². The van der Waals surface area contributed by atoms with Gasteiger partial charge in [0.05, 0.1) is 23.1 Å². The van der Waals surface area contributed by atoms with Crippen molar-refractivity contribution in [3.63, 3.8) is 0 Å². The fourth-order valence-electron chi connectivity index (χ4n) is 1.96. The zero-order chi connectivity index (χ0) is 16.2. The molecule has 0 aliphatic rings. The lowest BCUT2D eigenvalue weighted by Gasteiger charge is -2.27. The number of carbonyl (C=O) groups is 1. The molecule has 118 valence electrons. The highest BCUT2D eigenvalue weighted by Gasteiger charge is 2.24. The molecule has 0 bridgehead atoms. The molecular formula is C13H17ClFNO4S. The maximum Gasteiger partial charge on any atom is 0.261 e. The summed E-state index contributed by atoms with van der Waals surface area (Å²) in [6.45, 7) is 4.12. The molecule has 1 aromatic carbocycles. The summed E-state index contributed by atoms with van der Waals surface area (Å²) in [4.78, 5) is 13.5. The van der Waals surface area contributed by atoms with E-state index in [0.29, 0.717) is 6.54 Å². The summed E-state index contributed by atoms with van der Waals surface area (Å²) < 4.78 is 41.4. The van der Waals surface area contributed by atoms with Crippen molar-refractivity contribution in [2.45, 2.75) is 24.8 Å². The van der Waals surface area contributed by atoms with Crippen molar-refractivity contribution >= 4 is 25.6 Å². The Balaban J connectivity index is 3.22.